The number of fused-ring (bicyclic) bond motifs is 2. The molecule has 7 aliphatic rings. The highest BCUT2D eigenvalue weighted by Gasteiger charge is 2.57. The van der Waals surface area contributed by atoms with E-state index in [0.29, 0.717) is 29.2 Å². The summed E-state index contributed by atoms with van der Waals surface area (Å²) in [5.74, 6) is 2.14. The standard InChI is InChI=1S/C22H28N2O3/c25-20(26)16-10-23-19(18-15-3-1-14(2-4-15)17(16)18)24-21-6-12-5-13(7-21)9-22(27,8-12)11-21/h10,12-15,27H,1-9,11H2,(H,23,24)(H,25,26). The Morgan fingerprint density at radius 1 is 1.04 bits per heavy atom. The molecule has 0 saturated heterocycles. The predicted molar refractivity (Wildman–Crippen MR) is 101 cm³/mol. The fraction of sp³-hybridized carbons (Fsp3) is 0.727. The van der Waals surface area contributed by atoms with Crippen LogP contribution < -0.4 is 5.32 Å². The Labute approximate surface area is 159 Å². The zero-order valence-electron chi connectivity index (χ0n) is 15.7. The molecule has 5 fully saturated rings. The van der Waals surface area contributed by atoms with E-state index in [1.807, 2.05) is 0 Å². The van der Waals surface area contributed by atoms with Crippen molar-refractivity contribution < 1.29 is 15.0 Å². The number of aromatic nitrogens is 1. The molecule has 5 saturated carbocycles. The molecule has 1 heterocycles. The van der Waals surface area contributed by atoms with E-state index in [1.54, 1.807) is 6.20 Å². The van der Waals surface area contributed by atoms with Crippen molar-refractivity contribution in [2.24, 2.45) is 11.8 Å². The maximum Gasteiger partial charge on any atom is 0.337 e. The number of carboxylic acids is 1. The lowest BCUT2D eigenvalue weighted by Gasteiger charge is -2.60. The zero-order valence-corrected chi connectivity index (χ0v) is 15.7. The van der Waals surface area contributed by atoms with Gasteiger partial charge in [0.1, 0.15) is 5.82 Å². The van der Waals surface area contributed by atoms with E-state index in [-0.39, 0.29) is 5.54 Å². The minimum atomic E-state index is -0.845. The van der Waals surface area contributed by atoms with Crippen LogP contribution in [0.3, 0.4) is 0 Å². The summed E-state index contributed by atoms with van der Waals surface area (Å²) in [7, 11) is 0. The molecule has 0 aromatic carbocycles. The second-order valence-corrected chi connectivity index (χ2v) is 10.3. The molecule has 27 heavy (non-hydrogen) atoms. The molecule has 6 bridgehead atoms. The van der Waals surface area contributed by atoms with E-state index in [1.165, 1.54) is 12.0 Å². The largest absolute Gasteiger partial charge is 0.478 e. The molecule has 144 valence electrons. The lowest BCUT2D eigenvalue weighted by molar-refractivity contribution is -0.127. The van der Waals surface area contributed by atoms with Crippen molar-refractivity contribution in [1.29, 1.82) is 0 Å². The van der Waals surface area contributed by atoms with Gasteiger partial charge in [-0.3, -0.25) is 0 Å². The van der Waals surface area contributed by atoms with Crippen molar-refractivity contribution in [1.82, 2.24) is 4.98 Å². The van der Waals surface area contributed by atoms with E-state index in [0.717, 1.165) is 69.2 Å². The highest BCUT2D eigenvalue weighted by atomic mass is 16.4. The number of rotatable bonds is 3. The second-order valence-electron chi connectivity index (χ2n) is 10.3. The topological polar surface area (TPSA) is 82.5 Å². The van der Waals surface area contributed by atoms with Crippen LogP contribution in [0.1, 0.15) is 97.5 Å². The Kier molecular flexibility index (Phi) is 3.18. The number of aliphatic hydroxyl groups is 1. The van der Waals surface area contributed by atoms with Gasteiger partial charge >= 0.3 is 5.97 Å². The number of nitrogens with zero attached hydrogens (tertiary/aromatic N) is 1. The van der Waals surface area contributed by atoms with Crippen LogP contribution in [0, 0.1) is 11.8 Å². The van der Waals surface area contributed by atoms with E-state index < -0.39 is 11.6 Å². The van der Waals surface area contributed by atoms with Gasteiger partial charge in [0.25, 0.3) is 0 Å². The number of hydrogen-bond donors (Lipinski definition) is 3. The fourth-order valence-electron chi connectivity index (χ4n) is 7.95. The summed E-state index contributed by atoms with van der Waals surface area (Å²) in [5.41, 5.74) is 2.11. The lowest BCUT2D eigenvalue weighted by atomic mass is 9.51. The Morgan fingerprint density at radius 2 is 1.67 bits per heavy atom. The van der Waals surface area contributed by atoms with Crippen LogP contribution in [0.4, 0.5) is 5.82 Å². The van der Waals surface area contributed by atoms with Crippen molar-refractivity contribution in [2.45, 2.75) is 87.2 Å². The second kappa shape index (κ2) is 5.25. The normalized spacial score (nSPS) is 43.6. The minimum Gasteiger partial charge on any atom is -0.478 e. The van der Waals surface area contributed by atoms with Gasteiger partial charge in [-0.2, -0.15) is 0 Å². The fourth-order valence-corrected chi connectivity index (χ4v) is 7.95. The van der Waals surface area contributed by atoms with E-state index in [9.17, 15) is 15.0 Å². The molecule has 3 N–H and O–H groups in total. The van der Waals surface area contributed by atoms with Crippen LogP contribution in [0.15, 0.2) is 6.20 Å². The third-order valence-corrected chi connectivity index (χ3v) is 8.35. The molecule has 2 unspecified atom stereocenters. The van der Waals surface area contributed by atoms with Crippen molar-refractivity contribution in [3.63, 3.8) is 0 Å². The summed E-state index contributed by atoms with van der Waals surface area (Å²) in [5, 5.41) is 24.6. The van der Waals surface area contributed by atoms with E-state index in [2.05, 4.69) is 10.3 Å². The monoisotopic (exact) mass is 368 g/mol. The summed E-state index contributed by atoms with van der Waals surface area (Å²) in [6.45, 7) is 0. The van der Waals surface area contributed by atoms with E-state index >= 15 is 0 Å². The molecule has 0 spiro atoms. The van der Waals surface area contributed by atoms with Gasteiger partial charge in [0.2, 0.25) is 0 Å². The first-order chi connectivity index (χ1) is 12.9. The zero-order chi connectivity index (χ0) is 18.4. The van der Waals surface area contributed by atoms with Gasteiger partial charge in [-0.1, -0.05) is 0 Å². The van der Waals surface area contributed by atoms with E-state index in [4.69, 9.17) is 0 Å². The molecule has 5 nitrogen and oxygen atoms in total. The average molecular weight is 368 g/mol. The quantitative estimate of drug-likeness (QED) is 0.750. The minimum absolute atomic E-state index is 0.0545. The molecule has 0 amide bonds. The SMILES string of the molecule is O=C(O)c1cnc(NC23CC4CC(CC(O)(C4)C2)C3)c2c1C1CCC2CC1. The number of carbonyl (C=O) groups is 1. The van der Waals surface area contributed by atoms with Crippen LogP contribution in [-0.2, 0) is 0 Å². The maximum absolute atomic E-state index is 11.8. The molecule has 8 rings (SSSR count). The van der Waals surface area contributed by atoms with Gasteiger partial charge in [0, 0.05) is 17.3 Å². The molecule has 1 aromatic rings. The molecular weight excluding hydrogens is 340 g/mol. The van der Waals surface area contributed by atoms with Gasteiger partial charge in [-0.05, 0) is 93.4 Å². The first-order valence-electron chi connectivity index (χ1n) is 10.7. The van der Waals surface area contributed by atoms with Crippen LogP contribution in [0.25, 0.3) is 0 Å². The molecule has 2 atom stereocenters. The third-order valence-electron chi connectivity index (χ3n) is 8.35. The summed E-state index contributed by atoms with van der Waals surface area (Å²) < 4.78 is 0. The summed E-state index contributed by atoms with van der Waals surface area (Å²) in [6.07, 6.45) is 12.3. The summed E-state index contributed by atoms with van der Waals surface area (Å²) in [4.78, 5) is 16.5. The van der Waals surface area contributed by atoms with Crippen LogP contribution in [0.2, 0.25) is 0 Å². The number of pyridine rings is 1. The van der Waals surface area contributed by atoms with Crippen LogP contribution >= 0.6 is 0 Å². The highest BCUT2D eigenvalue weighted by molar-refractivity contribution is 5.90. The Hall–Kier alpha value is -1.62. The van der Waals surface area contributed by atoms with Gasteiger partial charge in [-0.15, -0.1) is 0 Å². The number of aromatic carboxylic acids is 1. The number of hydrogen-bond acceptors (Lipinski definition) is 4. The van der Waals surface area contributed by atoms with Crippen molar-refractivity contribution in [2.75, 3.05) is 5.32 Å². The lowest BCUT2D eigenvalue weighted by Crippen LogP contribution is -2.62. The summed E-state index contributed by atoms with van der Waals surface area (Å²) >= 11 is 0. The molecule has 1 aromatic heterocycles. The maximum atomic E-state index is 11.8. The molecular formula is C22H28N2O3. The van der Waals surface area contributed by atoms with Gasteiger partial charge in [0.05, 0.1) is 11.2 Å². The van der Waals surface area contributed by atoms with Gasteiger partial charge in [0.15, 0.2) is 0 Å². The Balaban J connectivity index is 1.43. The number of carboxylic acid groups (broad SMARTS) is 1. The van der Waals surface area contributed by atoms with Crippen LogP contribution in [0.5, 0.6) is 0 Å². The molecule has 0 aliphatic heterocycles. The van der Waals surface area contributed by atoms with Crippen molar-refractivity contribution in [3.05, 3.63) is 22.9 Å². The Morgan fingerprint density at radius 3 is 2.26 bits per heavy atom. The Bertz CT molecular complexity index is 813. The molecule has 0 radical (unpaired) electrons. The van der Waals surface area contributed by atoms with Crippen molar-refractivity contribution in [3.8, 4) is 0 Å². The third kappa shape index (κ3) is 2.33. The number of nitrogens with one attached hydrogen (secondary N) is 1. The highest BCUT2D eigenvalue weighted by Crippen LogP contribution is 2.59. The average Bonchev–Trinajstić information content (AvgIpc) is 2.60. The number of anilines is 1. The van der Waals surface area contributed by atoms with Gasteiger partial charge < -0.3 is 15.5 Å². The van der Waals surface area contributed by atoms with Gasteiger partial charge in [-0.25, -0.2) is 9.78 Å². The predicted octanol–water partition coefficient (Wildman–Crippen LogP) is 4.03. The van der Waals surface area contributed by atoms with Crippen LogP contribution in [-0.4, -0.2) is 32.3 Å². The molecule has 5 heteroatoms. The smallest absolute Gasteiger partial charge is 0.337 e. The van der Waals surface area contributed by atoms with Crippen molar-refractivity contribution >= 4 is 11.8 Å². The summed E-state index contributed by atoms with van der Waals surface area (Å²) in [6, 6.07) is 0. The first-order valence-corrected chi connectivity index (χ1v) is 10.7. The molecule has 7 aliphatic carbocycles. The first kappa shape index (κ1) is 16.3.